The minimum atomic E-state index is 0.0285. The van der Waals surface area contributed by atoms with Crippen LogP contribution < -0.4 is 0 Å². The highest BCUT2D eigenvalue weighted by Crippen LogP contribution is 2.38. The molecule has 4 bridgehead atoms. The van der Waals surface area contributed by atoms with Gasteiger partial charge >= 0.3 is 0 Å². The van der Waals surface area contributed by atoms with Gasteiger partial charge in [-0.25, -0.2) is 0 Å². The third-order valence-electron chi connectivity index (χ3n) is 5.77. The summed E-state index contributed by atoms with van der Waals surface area (Å²) in [5, 5.41) is 9.32. The quantitative estimate of drug-likeness (QED) is 0.622. The molecule has 2 aromatic rings. The Balaban J connectivity index is 1.51. The first-order valence-corrected chi connectivity index (χ1v) is 9.61. The van der Waals surface area contributed by atoms with Crippen LogP contribution >= 0.6 is 0 Å². The molecule has 4 saturated heterocycles. The van der Waals surface area contributed by atoms with Gasteiger partial charge in [0.2, 0.25) is 0 Å². The van der Waals surface area contributed by atoms with Gasteiger partial charge in [0.15, 0.2) is 0 Å². The zero-order chi connectivity index (χ0) is 18.3. The van der Waals surface area contributed by atoms with E-state index in [9.17, 15) is 0 Å². The van der Waals surface area contributed by atoms with Crippen LogP contribution in [-0.2, 0) is 0 Å². The fourth-order valence-electron chi connectivity index (χ4n) is 4.81. The number of hydrogen-bond acceptors (Lipinski definition) is 5. The number of nitrogens with zero attached hydrogens (tertiary/aromatic N) is 5. The molecule has 0 radical (unpaired) electrons. The molecule has 5 heteroatoms. The molecule has 0 unspecified atom stereocenters. The number of rotatable bonds is 4. The zero-order valence-electron chi connectivity index (χ0n) is 15.8. The Bertz CT molecular complexity index is 834. The van der Waals surface area contributed by atoms with Crippen molar-refractivity contribution in [2.45, 2.75) is 6.92 Å². The van der Waals surface area contributed by atoms with E-state index in [-0.39, 0.29) is 5.41 Å². The van der Waals surface area contributed by atoms with Gasteiger partial charge in [-0.1, -0.05) is 60.2 Å². The normalized spacial score (nSPS) is 32.3. The first-order chi connectivity index (χ1) is 13.2. The molecule has 4 heterocycles. The van der Waals surface area contributed by atoms with Crippen molar-refractivity contribution in [3.05, 3.63) is 71.3 Å². The van der Waals surface area contributed by atoms with Crippen molar-refractivity contribution in [2.75, 3.05) is 39.6 Å². The van der Waals surface area contributed by atoms with Gasteiger partial charge in [0.25, 0.3) is 0 Å². The van der Waals surface area contributed by atoms with Crippen molar-refractivity contribution < 1.29 is 0 Å². The average molecular weight is 359 g/mol. The maximum absolute atomic E-state index is 4.81. The first kappa shape index (κ1) is 16.8. The van der Waals surface area contributed by atoms with Gasteiger partial charge in [-0.15, -0.1) is 0 Å². The Kier molecular flexibility index (Phi) is 4.16. The van der Waals surface area contributed by atoms with E-state index in [0.29, 0.717) is 0 Å². The summed E-state index contributed by atoms with van der Waals surface area (Å²) in [7, 11) is 0. The standard InChI is InChI=1S/C22H25N5/c1-18-7-9-19(10-8-18)11-23-24-21(20-5-3-2-4-6-20)22-12-25-15-26(13-22)17-27(14-22)16-25/h2-11H,12-17H2,1H3/b23-11+,24-21?. The fraction of sp³-hybridized carbons (Fsp3) is 0.364. The van der Waals surface area contributed by atoms with E-state index in [2.05, 4.69) is 81.3 Å². The molecular formula is C22H25N5. The van der Waals surface area contributed by atoms with E-state index < -0.39 is 0 Å². The summed E-state index contributed by atoms with van der Waals surface area (Å²) < 4.78 is 0. The van der Waals surface area contributed by atoms with Crippen LogP contribution in [0.2, 0.25) is 0 Å². The van der Waals surface area contributed by atoms with Crippen molar-refractivity contribution in [3.8, 4) is 0 Å². The van der Waals surface area contributed by atoms with E-state index in [4.69, 9.17) is 5.10 Å². The molecule has 0 saturated carbocycles. The van der Waals surface area contributed by atoms with Crippen LogP contribution in [0.5, 0.6) is 0 Å². The predicted molar refractivity (Wildman–Crippen MR) is 109 cm³/mol. The molecule has 27 heavy (non-hydrogen) atoms. The van der Waals surface area contributed by atoms with Crippen LogP contribution in [0.25, 0.3) is 0 Å². The summed E-state index contributed by atoms with van der Waals surface area (Å²) in [6, 6.07) is 19.0. The highest BCUT2D eigenvalue weighted by molar-refractivity contribution is 6.05. The van der Waals surface area contributed by atoms with Gasteiger partial charge in [0.05, 0.1) is 37.3 Å². The lowest BCUT2D eigenvalue weighted by Crippen LogP contribution is -2.74. The lowest BCUT2D eigenvalue weighted by molar-refractivity contribution is -0.149. The Morgan fingerprint density at radius 3 is 2.04 bits per heavy atom. The van der Waals surface area contributed by atoms with E-state index in [0.717, 1.165) is 50.9 Å². The molecule has 6 rings (SSSR count). The maximum Gasteiger partial charge on any atom is 0.0802 e. The molecule has 2 aromatic carbocycles. The van der Waals surface area contributed by atoms with E-state index >= 15 is 0 Å². The summed E-state index contributed by atoms with van der Waals surface area (Å²) in [5.41, 5.74) is 4.67. The van der Waals surface area contributed by atoms with E-state index in [1.165, 1.54) is 11.1 Å². The smallest absolute Gasteiger partial charge is 0.0802 e. The Morgan fingerprint density at radius 1 is 0.852 bits per heavy atom. The van der Waals surface area contributed by atoms with Crippen molar-refractivity contribution in [1.82, 2.24) is 14.7 Å². The maximum atomic E-state index is 4.81. The van der Waals surface area contributed by atoms with Gasteiger partial charge in [0, 0.05) is 19.6 Å². The third kappa shape index (κ3) is 3.23. The second-order valence-electron chi connectivity index (χ2n) is 8.16. The van der Waals surface area contributed by atoms with Gasteiger partial charge in [-0.2, -0.15) is 10.2 Å². The summed E-state index contributed by atoms with van der Waals surface area (Å²) in [4.78, 5) is 7.58. The Morgan fingerprint density at radius 2 is 1.44 bits per heavy atom. The van der Waals surface area contributed by atoms with Crippen molar-refractivity contribution in [1.29, 1.82) is 0 Å². The SMILES string of the molecule is Cc1ccc(/C=N/N=C(c2ccccc2)C23CN4CN(CN(C4)C2)C3)cc1. The molecule has 4 aliphatic rings. The van der Waals surface area contributed by atoms with Crippen molar-refractivity contribution in [3.63, 3.8) is 0 Å². The summed E-state index contributed by atoms with van der Waals surface area (Å²) in [5.74, 6) is 0. The third-order valence-corrected chi connectivity index (χ3v) is 5.77. The zero-order valence-corrected chi connectivity index (χ0v) is 15.8. The molecule has 0 aromatic heterocycles. The van der Waals surface area contributed by atoms with Gasteiger partial charge < -0.3 is 0 Å². The van der Waals surface area contributed by atoms with Crippen LogP contribution in [0.3, 0.4) is 0 Å². The van der Waals surface area contributed by atoms with Crippen LogP contribution in [0.15, 0.2) is 64.8 Å². The summed E-state index contributed by atoms with van der Waals surface area (Å²) >= 11 is 0. The molecule has 0 aliphatic carbocycles. The molecule has 0 N–H and O–H groups in total. The summed E-state index contributed by atoms with van der Waals surface area (Å²) in [6.45, 7) is 8.52. The second-order valence-corrected chi connectivity index (χ2v) is 8.16. The van der Waals surface area contributed by atoms with Crippen LogP contribution in [0.1, 0.15) is 16.7 Å². The number of hydrogen-bond donors (Lipinski definition) is 0. The second kappa shape index (κ2) is 6.68. The Labute approximate surface area is 160 Å². The van der Waals surface area contributed by atoms with Gasteiger partial charge in [-0.3, -0.25) is 14.7 Å². The van der Waals surface area contributed by atoms with E-state index in [1.807, 2.05) is 6.21 Å². The Hall–Kier alpha value is -2.34. The van der Waals surface area contributed by atoms with Gasteiger partial charge in [0.1, 0.15) is 0 Å². The lowest BCUT2D eigenvalue weighted by Gasteiger charge is -2.60. The summed E-state index contributed by atoms with van der Waals surface area (Å²) in [6.07, 6.45) is 1.86. The molecule has 5 nitrogen and oxygen atoms in total. The minimum Gasteiger partial charge on any atom is -0.276 e. The minimum absolute atomic E-state index is 0.0285. The molecule has 0 spiro atoms. The molecule has 0 atom stereocenters. The van der Waals surface area contributed by atoms with Crippen LogP contribution in [0.4, 0.5) is 0 Å². The molecule has 4 aliphatic heterocycles. The fourth-order valence-corrected chi connectivity index (χ4v) is 4.81. The van der Waals surface area contributed by atoms with Gasteiger partial charge in [-0.05, 0) is 18.1 Å². The lowest BCUT2D eigenvalue weighted by atomic mass is 9.74. The van der Waals surface area contributed by atoms with Crippen LogP contribution in [-0.4, -0.2) is 66.3 Å². The monoisotopic (exact) mass is 359 g/mol. The van der Waals surface area contributed by atoms with E-state index in [1.54, 1.807) is 0 Å². The topological polar surface area (TPSA) is 34.4 Å². The van der Waals surface area contributed by atoms with Crippen molar-refractivity contribution in [2.24, 2.45) is 15.6 Å². The molecule has 138 valence electrons. The highest BCUT2D eigenvalue weighted by Gasteiger charge is 2.51. The largest absolute Gasteiger partial charge is 0.276 e. The number of aryl methyl sites for hydroxylation is 1. The average Bonchev–Trinajstić information content (AvgIpc) is 2.66. The number of benzene rings is 2. The molecule has 0 amide bonds. The van der Waals surface area contributed by atoms with Crippen LogP contribution in [0, 0.1) is 12.3 Å². The first-order valence-electron chi connectivity index (χ1n) is 9.61. The highest BCUT2D eigenvalue weighted by atomic mass is 15.5. The van der Waals surface area contributed by atoms with Crippen molar-refractivity contribution >= 4 is 11.9 Å². The molecular weight excluding hydrogens is 334 g/mol. The predicted octanol–water partition coefficient (Wildman–Crippen LogP) is 2.62. The molecule has 4 fully saturated rings.